The van der Waals surface area contributed by atoms with E-state index in [-0.39, 0.29) is 0 Å². The number of halogens is 10. The van der Waals surface area contributed by atoms with E-state index in [0.29, 0.717) is 0 Å². The molecule has 0 unspecified atom stereocenters. The predicted molar refractivity (Wildman–Crippen MR) is 50.1 cm³/mol. The molecule has 0 radical (unpaired) electrons. The van der Waals surface area contributed by atoms with Gasteiger partial charge >= 0.3 is 42.7 Å². The van der Waals surface area contributed by atoms with E-state index >= 15 is 0 Å². The fourth-order valence-electron chi connectivity index (χ4n) is 1.05. The summed E-state index contributed by atoms with van der Waals surface area (Å²) in [5.41, 5.74) is -7.76. The van der Waals surface area contributed by atoms with E-state index in [0.717, 1.165) is 0 Å². The van der Waals surface area contributed by atoms with Crippen molar-refractivity contribution < 1.29 is 64.5 Å². The molecule has 0 bridgehead atoms. The fraction of sp³-hybridized carbons (Fsp3) is 0.667. The van der Waals surface area contributed by atoms with Crippen molar-refractivity contribution in [3.05, 3.63) is 12.6 Å². The monoisotopic (exact) mass is 408 g/mol. The van der Waals surface area contributed by atoms with Gasteiger partial charge in [0.2, 0.25) is 0 Å². The van der Waals surface area contributed by atoms with Gasteiger partial charge in [-0.1, -0.05) is 7.77 Å². The largest absolute Gasteiger partial charge is 0.449 e. The molecule has 0 N–H and O–H groups in total. The van der Waals surface area contributed by atoms with E-state index in [4.69, 9.17) is 0 Å². The summed E-state index contributed by atoms with van der Waals surface area (Å²) in [5, 5.41) is -15.2. The van der Waals surface area contributed by atoms with Crippen LogP contribution < -0.4 is 0 Å². The highest BCUT2D eigenvalue weighted by molar-refractivity contribution is 7.88. The van der Waals surface area contributed by atoms with Gasteiger partial charge in [0.25, 0.3) is 6.01 Å². The zero-order valence-electron chi connectivity index (χ0n) is 9.84. The van der Waals surface area contributed by atoms with Gasteiger partial charge in [0.05, 0.1) is 0 Å². The Morgan fingerprint density at radius 2 is 1.04 bits per heavy atom. The SMILES string of the molecule is C=C(F)OC(F)(F)C(F)(C(F)(F)S(=O)(=O)F)C(F)(F)S(=O)(=O)F. The van der Waals surface area contributed by atoms with Gasteiger partial charge in [0.1, 0.15) is 0 Å². The minimum atomic E-state index is -8.05. The number of rotatable bonds is 7. The minimum Gasteiger partial charge on any atom is -0.404 e. The first-order chi connectivity index (χ1) is 9.67. The standard InChI is InChI=1S/C6H2F10O5S2/c1-2(7)21-4(9,10)3(8,5(11,12)22(15,17)18)6(13,14)23(16,19)20/h1H2. The van der Waals surface area contributed by atoms with Crippen LogP contribution in [0, 0.1) is 0 Å². The van der Waals surface area contributed by atoms with Crippen LogP contribution in [0.25, 0.3) is 0 Å². The maximum atomic E-state index is 13.7. The molecule has 23 heavy (non-hydrogen) atoms. The molecule has 0 fully saturated rings. The molecule has 0 aromatic carbocycles. The van der Waals surface area contributed by atoms with E-state index in [1.54, 1.807) is 6.58 Å². The van der Waals surface area contributed by atoms with Crippen LogP contribution in [0.4, 0.5) is 42.9 Å². The molecule has 0 saturated carbocycles. The van der Waals surface area contributed by atoms with Crippen LogP contribution in [0.3, 0.4) is 0 Å². The maximum Gasteiger partial charge on any atom is 0.449 e. The van der Waals surface area contributed by atoms with Crippen LogP contribution >= 0.6 is 0 Å². The van der Waals surface area contributed by atoms with Crippen LogP contribution in [-0.4, -0.2) is 39.1 Å². The van der Waals surface area contributed by atoms with Gasteiger partial charge in [-0.15, -0.1) is 0 Å². The molecule has 5 nitrogen and oxygen atoms in total. The molecule has 0 aliphatic heterocycles. The lowest BCUT2D eigenvalue weighted by molar-refractivity contribution is -0.367. The molecule has 0 aliphatic carbocycles. The first-order valence-corrected chi connectivity index (χ1v) is 7.17. The lowest BCUT2D eigenvalue weighted by Crippen LogP contribution is -2.71. The van der Waals surface area contributed by atoms with Crippen molar-refractivity contribution in [1.82, 2.24) is 0 Å². The molecule has 0 aliphatic rings. The lowest BCUT2D eigenvalue weighted by Gasteiger charge is -2.37. The zero-order valence-corrected chi connectivity index (χ0v) is 11.5. The van der Waals surface area contributed by atoms with E-state index < -0.39 is 48.7 Å². The average molecular weight is 408 g/mol. The molecule has 0 heterocycles. The van der Waals surface area contributed by atoms with Crippen molar-refractivity contribution in [2.75, 3.05) is 0 Å². The molecular weight excluding hydrogens is 406 g/mol. The van der Waals surface area contributed by atoms with Crippen LogP contribution in [0.5, 0.6) is 0 Å². The Hall–Kier alpha value is -1.26. The normalized spacial score (nSPS) is 15.4. The first kappa shape index (κ1) is 21.7. The van der Waals surface area contributed by atoms with Gasteiger partial charge in [-0.25, -0.2) is 4.39 Å². The smallest absolute Gasteiger partial charge is 0.404 e. The summed E-state index contributed by atoms with van der Waals surface area (Å²) in [6.07, 6.45) is -7.12. The molecule has 0 aromatic heterocycles. The topological polar surface area (TPSA) is 77.5 Å². The summed E-state index contributed by atoms with van der Waals surface area (Å²) >= 11 is 0. The second-order valence-corrected chi connectivity index (χ2v) is 6.32. The third-order valence-corrected chi connectivity index (χ3v) is 3.84. The summed E-state index contributed by atoms with van der Waals surface area (Å²) in [7, 11) is -16.1. The number of ether oxygens (including phenoxy) is 1. The van der Waals surface area contributed by atoms with Gasteiger partial charge in [0.15, 0.2) is 0 Å². The highest BCUT2D eigenvalue weighted by Crippen LogP contribution is 2.58. The van der Waals surface area contributed by atoms with Crippen LogP contribution in [0.15, 0.2) is 12.6 Å². The zero-order chi connectivity index (χ0) is 19.3. The van der Waals surface area contributed by atoms with Crippen LogP contribution in [-0.2, 0) is 25.2 Å². The number of hydrogen-bond donors (Lipinski definition) is 0. The number of hydrogen-bond acceptors (Lipinski definition) is 5. The van der Waals surface area contributed by atoms with Gasteiger partial charge in [-0.2, -0.15) is 47.6 Å². The first-order valence-electron chi connectivity index (χ1n) is 4.41. The van der Waals surface area contributed by atoms with Crippen molar-refractivity contribution in [3.8, 4) is 0 Å². The third-order valence-electron chi connectivity index (χ3n) is 2.05. The Morgan fingerprint density at radius 1 is 0.783 bits per heavy atom. The molecule has 0 amide bonds. The van der Waals surface area contributed by atoms with Crippen molar-refractivity contribution in [2.45, 2.75) is 22.3 Å². The summed E-state index contributed by atoms with van der Waals surface area (Å²) in [5.74, 6) is 0. The minimum absolute atomic E-state index is 1.73. The third kappa shape index (κ3) is 3.07. The van der Waals surface area contributed by atoms with E-state index in [1.165, 1.54) is 0 Å². The average Bonchev–Trinajstić information content (AvgIpc) is 2.21. The Bertz CT molecular complexity index is 651. The van der Waals surface area contributed by atoms with Crippen molar-refractivity contribution >= 4 is 20.4 Å². The van der Waals surface area contributed by atoms with E-state index in [2.05, 4.69) is 4.74 Å². The fourth-order valence-corrected chi connectivity index (χ4v) is 2.28. The Kier molecular flexibility index (Phi) is 5.09. The molecule has 0 rings (SSSR count). The predicted octanol–water partition coefficient (Wildman–Crippen LogP) is 2.53. The Labute approximate surface area is 120 Å². The summed E-state index contributed by atoms with van der Waals surface area (Å²) in [4.78, 5) is 0. The highest BCUT2D eigenvalue weighted by atomic mass is 32.3. The van der Waals surface area contributed by atoms with Gasteiger partial charge in [-0.05, 0) is 6.58 Å². The Balaban J connectivity index is 7.01. The summed E-state index contributed by atoms with van der Waals surface area (Å²) in [6.45, 7) is 1.73. The highest BCUT2D eigenvalue weighted by Gasteiger charge is 2.92. The maximum absolute atomic E-state index is 13.7. The molecule has 17 heteroatoms. The van der Waals surface area contributed by atoms with Crippen molar-refractivity contribution in [1.29, 1.82) is 0 Å². The number of alkyl halides is 7. The van der Waals surface area contributed by atoms with Crippen molar-refractivity contribution in [2.24, 2.45) is 0 Å². The second-order valence-electron chi connectivity index (χ2n) is 3.54. The molecule has 0 atom stereocenters. The molecular formula is C6H2F10O5S2. The molecule has 0 aromatic rings. The van der Waals surface area contributed by atoms with Crippen LogP contribution in [0.2, 0.25) is 0 Å². The lowest BCUT2D eigenvalue weighted by atomic mass is 10.1. The Morgan fingerprint density at radius 3 is 1.22 bits per heavy atom. The van der Waals surface area contributed by atoms with Crippen LogP contribution in [0.1, 0.15) is 0 Å². The summed E-state index contributed by atoms with van der Waals surface area (Å²) < 4.78 is 170. The van der Waals surface area contributed by atoms with Gasteiger partial charge in [0, 0.05) is 0 Å². The second kappa shape index (κ2) is 5.38. The van der Waals surface area contributed by atoms with Gasteiger partial charge in [-0.3, -0.25) is 0 Å². The quantitative estimate of drug-likeness (QED) is 0.368. The summed E-state index contributed by atoms with van der Waals surface area (Å²) in [6, 6.07) is -3.00. The molecule has 0 spiro atoms. The van der Waals surface area contributed by atoms with Crippen molar-refractivity contribution in [3.63, 3.8) is 0 Å². The van der Waals surface area contributed by atoms with E-state index in [9.17, 15) is 59.7 Å². The van der Waals surface area contributed by atoms with E-state index in [1.807, 2.05) is 0 Å². The molecule has 138 valence electrons. The molecule has 0 saturated heterocycles. The van der Waals surface area contributed by atoms with Gasteiger partial charge < -0.3 is 4.74 Å².